The predicted molar refractivity (Wildman–Crippen MR) is 65.6 cm³/mol. The Bertz CT molecular complexity index is 74.6. The van der Waals surface area contributed by atoms with Gasteiger partial charge in [0.1, 0.15) is 0 Å². The first-order valence-corrected chi connectivity index (χ1v) is 9.94. The first-order valence-electron chi connectivity index (χ1n) is 5.64. The number of hydrogen-bond acceptors (Lipinski definition) is 0. The summed E-state index contributed by atoms with van der Waals surface area (Å²) in [4.78, 5) is 0. The molecule has 0 aromatic rings. The zero-order valence-electron chi connectivity index (χ0n) is 9.22. The molecule has 0 amide bonds. The molecule has 2 saturated heterocycles. The van der Waals surface area contributed by atoms with Crippen molar-refractivity contribution >= 4 is 18.6 Å². The van der Waals surface area contributed by atoms with Gasteiger partial charge in [-0.1, -0.05) is 38.5 Å². The molecule has 0 aromatic carbocycles. The Morgan fingerprint density at radius 1 is 0.600 bits per heavy atom. The standard InChI is InChI=1S/2C5H10N.2ClH.Ti/c2*1-2-4-6-5-3-1;;;/h2*1-5H2;2*1H;/q2*-1;;;+2/p-2. The van der Waals surface area contributed by atoms with Crippen LogP contribution in [0.2, 0.25) is 0 Å². The van der Waals surface area contributed by atoms with E-state index in [1.54, 1.807) is 0 Å². The molecule has 0 radical (unpaired) electrons. The number of nitrogens with zero attached hydrogens (tertiary/aromatic N) is 2. The van der Waals surface area contributed by atoms with E-state index in [9.17, 15) is 0 Å². The fourth-order valence-corrected chi connectivity index (χ4v) is 1.47. The van der Waals surface area contributed by atoms with Crippen LogP contribution in [0.15, 0.2) is 0 Å². The van der Waals surface area contributed by atoms with Crippen LogP contribution in [-0.2, 0) is 17.0 Å². The Kier molecular flexibility index (Phi) is 16.4. The van der Waals surface area contributed by atoms with Crippen LogP contribution in [0.4, 0.5) is 0 Å². The molecule has 2 aliphatic rings. The molecule has 2 heterocycles. The summed E-state index contributed by atoms with van der Waals surface area (Å²) in [5, 5.41) is 8.35. The summed E-state index contributed by atoms with van der Waals surface area (Å²) in [5.41, 5.74) is 0. The molecule has 2 nitrogen and oxygen atoms in total. The molecule has 0 aromatic heterocycles. The van der Waals surface area contributed by atoms with Crippen molar-refractivity contribution < 1.29 is 17.0 Å². The van der Waals surface area contributed by atoms with E-state index >= 15 is 0 Å². The molecule has 2 fully saturated rings. The van der Waals surface area contributed by atoms with Gasteiger partial charge in [-0.25, -0.2) is 0 Å². The van der Waals surface area contributed by atoms with Crippen LogP contribution in [0.25, 0.3) is 10.6 Å². The second-order valence-corrected chi connectivity index (χ2v) is 6.11. The Labute approximate surface area is 111 Å². The van der Waals surface area contributed by atoms with Crippen molar-refractivity contribution in [1.29, 1.82) is 0 Å². The monoisotopic (exact) mass is 286 g/mol. The average molecular weight is 287 g/mol. The Morgan fingerprint density at radius 3 is 0.933 bits per heavy atom. The summed E-state index contributed by atoms with van der Waals surface area (Å²) >= 11 is -0.556. The van der Waals surface area contributed by atoms with Crippen LogP contribution in [0, 0.1) is 0 Å². The van der Waals surface area contributed by atoms with Gasteiger partial charge < -0.3 is 10.6 Å². The third kappa shape index (κ3) is 15.2. The molecular weight excluding hydrogens is 267 g/mol. The van der Waals surface area contributed by atoms with Crippen molar-refractivity contribution in [3.8, 4) is 0 Å². The van der Waals surface area contributed by atoms with E-state index in [-0.39, 0.29) is 0 Å². The van der Waals surface area contributed by atoms with E-state index < -0.39 is 17.0 Å². The summed E-state index contributed by atoms with van der Waals surface area (Å²) in [5.74, 6) is 0. The van der Waals surface area contributed by atoms with E-state index in [0.717, 1.165) is 26.2 Å². The minimum atomic E-state index is -0.556. The van der Waals surface area contributed by atoms with Gasteiger partial charge >= 0.3 is 35.6 Å². The second kappa shape index (κ2) is 15.2. The Balaban J connectivity index is 0.000000210. The molecule has 0 aliphatic carbocycles. The van der Waals surface area contributed by atoms with Gasteiger partial charge in [-0.15, -0.1) is 26.2 Å². The molecule has 0 spiro atoms. The van der Waals surface area contributed by atoms with E-state index in [4.69, 9.17) is 18.6 Å². The summed E-state index contributed by atoms with van der Waals surface area (Å²) in [6.07, 6.45) is 8.15. The molecule has 0 atom stereocenters. The Morgan fingerprint density at radius 2 is 0.867 bits per heavy atom. The van der Waals surface area contributed by atoms with Crippen LogP contribution in [-0.4, -0.2) is 26.2 Å². The molecule has 0 N–H and O–H groups in total. The first-order chi connectivity index (χ1) is 7.41. The van der Waals surface area contributed by atoms with Crippen molar-refractivity contribution in [1.82, 2.24) is 0 Å². The van der Waals surface area contributed by atoms with Crippen LogP contribution in [0.5, 0.6) is 0 Å². The van der Waals surface area contributed by atoms with Gasteiger partial charge in [-0.2, -0.15) is 0 Å². The van der Waals surface area contributed by atoms with Crippen LogP contribution >= 0.6 is 18.6 Å². The number of rotatable bonds is 0. The zero-order valence-corrected chi connectivity index (χ0v) is 12.3. The van der Waals surface area contributed by atoms with Crippen LogP contribution in [0.1, 0.15) is 38.5 Å². The molecule has 5 heteroatoms. The maximum absolute atomic E-state index is 4.89. The van der Waals surface area contributed by atoms with E-state index in [0.29, 0.717) is 0 Å². The van der Waals surface area contributed by atoms with Crippen molar-refractivity contribution in [2.24, 2.45) is 0 Å². The van der Waals surface area contributed by atoms with Gasteiger partial charge in [0.25, 0.3) is 0 Å². The van der Waals surface area contributed by atoms with Gasteiger partial charge in [0.2, 0.25) is 0 Å². The summed E-state index contributed by atoms with van der Waals surface area (Å²) in [7, 11) is 9.78. The molecule has 2 aliphatic heterocycles. The quantitative estimate of drug-likeness (QED) is 0.588. The molecule has 15 heavy (non-hydrogen) atoms. The number of hydrogen-bond donors (Lipinski definition) is 0. The van der Waals surface area contributed by atoms with Gasteiger partial charge in [0.15, 0.2) is 0 Å². The van der Waals surface area contributed by atoms with Gasteiger partial charge in [0.05, 0.1) is 0 Å². The fourth-order valence-electron chi connectivity index (χ4n) is 1.47. The van der Waals surface area contributed by atoms with E-state index in [1.165, 1.54) is 38.5 Å². The molecule has 0 bridgehead atoms. The maximum atomic E-state index is 4.89. The van der Waals surface area contributed by atoms with E-state index in [1.807, 2.05) is 0 Å². The van der Waals surface area contributed by atoms with Crippen molar-refractivity contribution in [2.75, 3.05) is 26.2 Å². The predicted octanol–water partition coefficient (Wildman–Crippen LogP) is 4.46. The van der Waals surface area contributed by atoms with Gasteiger partial charge in [0, 0.05) is 0 Å². The average Bonchev–Trinajstić information content (AvgIpc) is 2.35. The fraction of sp³-hybridized carbons (Fsp3) is 1.00. The summed E-state index contributed by atoms with van der Waals surface area (Å²) < 4.78 is 0. The number of piperidine rings is 2. The third-order valence-corrected chi connectivity index (χ3v) is 2.26. The normalized spacial score (nSPS) is 20.1. The molecule has 0 saturated carbocycles. The molecular formula is C10H20Cl2N2Ti-2. The SMILES string of the molecule is C1CC[N-]CC1.C1CC[N-]CC1.[Cl][Ti][Cl]. The summed E-state index contributed by atoms with van der Waals surface area (Å²) in [6, 6.07) is 0. The molecule has 0 unspecified atom stereocenters. The van der Waals surface area contributed by atoms with Crippen LogP contribution in [0.3, 0.4) is 0 Å². The molecule has 2 rings (SSSR count). The second-order valence-electron chi connectivity index (χ2n) is 3.53. The summed E-state index contributed by atoms with van der Waals surface area (Å²) in [6.45, 7) is 4.50. The molecule has 90 valence electrons. The van der Waals surface area contributed by atoms with E-state index in [2.05, 4.69) is 10.6 Å². The number of halogens is 2. The van der Waals surface area contributed by atoms with Crippen molar-refractivity contribution in [3.63, 3.8) is 0 Å². The van der Waals surface area contributed by atoms with Gasteiger partial charge in [-0.3, -0.25) is 0 Å². The zero-order chi connectivity index (χ0) is 11.2. The van der Waals surface area contributed by atoms with Crippen molar-refractivity contribution in [3.05, 3.63) is 10.6 Å². The van der Waals surface area contributed by atoms with Crippen LogP contribution < -0.4 is 0 Å². The van der Waals surface area contributed by atoms with Gasteiger partial charge in [-0.05, 0) is 0 Å². The third-order valence-electron chi connectivity index (χ3n) is 2.26. The topological polar surface area (TPSA) is 28.2 Å². The van der Waals surface area contributed by atoms with Crippen molar-refractivity contribution in [2.45, 2.75) is 38.5 Å². The Hall–Kier alpha value is 1.21. The first kappa shape index (κ1) is 16.2. The minimum absolute atomic E-state index is 0.556.